The van der Waals surface area contributed by atoms with Crippen LogP contribution < -0.4 is 9.47 Å². The summed E-state index contributed by atoms with van der Waals surface area (Å²) in [6.45, 7) is 0.722. The summed E-state index contributed by atoms with van der Waals surface area (Å²) >= 11 is 0. The Balaban J connectivity index is 1.50. The standard InChI is InChI=1S/C47H44O2/c1-9-31-25-27-33(30(4)43(31)35-17-15-21-39-45(35)49-41-23-13-11-19-37(41)47(39,7)8)32-26-24-28(2)42(29(32)3)34-16-14-20-38-44(34)48-40-22-12-10-18-36(40)46(38,5)6/h10-27H,9H2,1-8H3/i2D3,3D3,4D3,9D2. The predicted octanol–water partition coefficient (Wildman–Crippen LogP) is 13.0. The van der Waals surface area contributed by atoms with Gasteiger partial charge in [0.25, 0.3) is 0 Å². The van der Waals surface area contributed by atoms with E-state index in [2.05, 4.69) is 0 Å². The van der Waals surface area contributed by atoms with E-state index in [1.807, 2.05) is 88.4 Å². The number of hydrogen-bond acceptors (Lipinski definition) is 2. The molecule has 244 valence electrons. The van der Waals surface area contributed by atoms with Gasteiger partial charge in [0.15, 0.2) is 0 Å². The van der Waals surface area contributed by atoms with Gasteiger partial charge in [-0.05, 0) is 83.6 Å². The van der Waals surface area contributed by atoms with E-state index in [4.69, 9.17) is 24.6 Å². The van der Waals surface area contributed by atoms with Crippen LogP contribution in [0.3, 0.4) is 0 Å². The molecule has 6 aromatic carbocycles. The van der Waals surface area contributed by atoms with Crippen LogP contribution in [0.25, 0.3) is 33.4 Å². The van der Waals surface area contributed by atoms with Crippen molar-refractivity contribution >= 4 is 0 Å². The van der Waals surface area contributed by atoms with Gasteiger partial charge in [-0.2, -0.15) is 0 Å². The minimum absolute atomic E-state index is 0.00747. The maximum Gasteiger partial charge on any atom is 0.139 e. The molecule has 0 unspecified atom stereocenters. The first kappa shape index (κ1) is 21.1. The fraction of sp³-hybridized carbons (Fsp3) is 0.234. The summed E-state index contributed by atoms with van der Waals surface area (Å²) in [6, 6.07) is 31.4. The van der Waals surface area contributed by atoms with Crippen LogP contribution in [0, 0.1) is 20.6 Å². The van der Waals surface area contributed by atoms with Gasteiger partial charge in [0, 0.05) is 59.3 Å². The van der Waals surface area contributed by atoms with Crippen LogP contribution in [-0.4, -0.2) is 0 Å². The highest BCUT2D eigenvalue weighted by Gasteiger charge is 2.37. The number of fused-ring (bicyclic) bond motifs is 4. The zero-order chi connectivity index (χ0) is 43.5. The maximum atomic E-state index is 9.13. The number of rotatable bonds is 4. The van der Waals surface area contributed by atoms with Crippen molar-refractivity contribution < 1.29 is 24.6 Å². The Kier molecular flexibility index (Phi) is 4.84. The average molecular weight is 652 g/mol. The fourth-order valence-corrected chi connectivity index (χ4v) is 7.75. The lowest BCUT2D eigenvalue weighted by Crippen LogP contribution is -2.24. The Morgan fingerprint density at radius 1 is 0.510 bits per heavy atom. The van der Waals surface area contributed by atoms with Gasteiger partial charge in [0.1, 0.15) is 23.0 Å². The molecule has 0 amide bonds. The summed E-state index contributed by atoms with van der Waals surface area (Å²) in [7, 11) is 0. The molecule has 0 saturated carbocycles. The summed E-state index contributed by atoms with van der Waals surface area (Å²) in [4.78, 5) is 0. The van der Waals surface area contributed by atoms with E-state index in [-0.39, 0.29) is 50.1 Å². The van der Waals surface area contributed by atoms with Crippen LogP contribution in [0.2, 0.25) is 0 Å². The monoisotopic (exact) mass is 651 g/mol. The normalized spacial score (nSPS) is 19.2. The third-order valence-electron chi connectivity index (χ3n) is 10.4. The van der Waals surface area contributed by atoms with Gasteiger partial charge in [-0.1, -0.05) is 132 Å². The summed E-state index contributed by atoms with van der Waals surface area (Å²) in [5.74, 6) is 1.78. The zero-order valence-electron chi connectivity index (χ0n) is 39.2. The van der Waals surface area contributed by atoms with E-state index in [1.165, 1.54) is 31.2 Å². The molecule has 0 aromatic heterocycles. The first-order valence-electron chi connectivity index (χ1n) is 22.0. The molecule has 0 radical (unpaired) electrons. The van der Waals surface area contributed by atoms with Gasteiger partial charge in [-0.15, -0.1) is 0 Å². The summed E-state index contributed by atoms with van der Waals surface area (Å²) in [5.41, 5.74) is 1.71. The second kappa shape index (κ2) is 11.2. The highest BCUT2D eigenvalue weighted by atomic mass is 16.5. The lowest BCUT2D eigenvalue weighted by molar-refractivity contribution is 0.419. The molecule has 2 aliphatic rings. The van der Waals surface area contributed by atoms with Gasteiger partial charge >= 0.3 is 0 Å². The molecule has 8 rings (SSSR count). The van der Waals surface area contributed by atoms with Crippen LogP contribution in [-0.2, 0) is 17.2 Å². The Bertz CT molecular complexity index is 2530. The molecule has 0 aliphatic carbocycles. The number of benzene rings is 6. The summed E-state index contributed by atoms with van der Waals surface area (Å²) < 4.78 is 112. The largest absolute Gasteiger partial charge is 0.456 e. The Hall–Kier alpha value is -5.08. The van der Waals surface area contributed by atoms with Gasteiger partial charge < -0.3 is 9.47 Å². The highest BCUT2D eigenvalue weighted by Crippen LogP contribution is 2.54. The van der Waals surface area contributed by atoms with Crippen molar-refractivity contribution in [2.24, 2.45) is 0 Å². The number of aryl methyl sites for hydroxylation is 2. The van der Waals surface area contributed by atoms with Gasteiger partial charge in [0.05, 0.1) is 0 Å². The van der Waals surface area contributed by atoms with Crippen LogP contribution >= 0.6 is 0 Å². The van der Waals surface area contributed by atoms with E-state index >= 15 is 0 Å². The molecule has 0 bridgehead atoms. The van der Waals surface area contributed by atoms with Gasteiger partial charge in [-0.3, -0.25) is 0 Å². The zero-order valence-corrected chi connectivity index (χ0v) is 28.2. The van der Waals surface area contributed by atoms with Crippen molar-refractivity contribution in [3.05, 3.63) is 154 Å². The molecule has 2 heterocycles. The molecule has 49 heavy (non-hydrogen) atoms. The van der Waals surface area contributed by atoms with E-state index in [9.17, 15) is 0 Å². The van der Waals surface area contributed by atoms with Crippen LogP contribution in [0.1, 0.15) is 94.2 Å². The summed E-state index contributed by atoms with van der Waals surface area (Å²) in [5, 5.41) is 0. The molecule has 0 fully saturated rings. The molecule has 2 nitrogen and oxygen atoms in total. The van der Waals surface area contributed by atoms with E-state index in [0.29, 0.717) is 28.6 Å². The van der Waals surface area contributed by atoms with Crippen molar-refractivity contribution in [1.82, 2.24) is 0 Å². The molecule has 2 heteroatoms. The van der Waals surface area contributed by atoms with Gasteiger partial charge in [-0.25, -0.2) is 0 Å². The quantitative estimate of drug-likeness (QED) is 0.189. The van der Waals surface area contributed by atoms with Crippen LogP contribution in [0.5, 0.6) is 23.0 Å². The highest BCUT2D eigenvalue weighted by molar-refractivity contribution is 5.90. The average Bonchev–Trinajstić information content (AvgIpc) is 3.15. The van der Waals surface area contributed by atoms with E-state index in [1.54, 1.807) is 24.3 Å². The molecular weight excluding hydrogens is 597 g/mol. The smallest absolute Gasteiger partial charge is 0.139 e. The molecule has 0 saturated heterocycles. The SMILES string of the molecule is [2H]C([2H])([2H])c1ccc(-c2ccc(C([2H])([2H])C)c(-c3cccc4c3Oc3ccccc3C4(C)C)c2C([2H])([2H])[2H])c(C([2H])([2H])[2H])c1-c1cccc2c1Oc1ccccc1C2(C)C. The maximum absolute atomic E-state index is 9.13. The predicted molar refractivity (Wildman–Crippen MR) is 204 cm³/mol. The third kappa shape index (κ3) is 4.61. The van der Waals surface area contributed by atoms with E-state index < -0.39 is 37.8 Å². The van der Waals surface area contributed by atoms with E-state index in [0.717, 1.165) is 22.3 Å². The van der Waals surface area contributed by atoms with Crippen molar-refractivity contribution in [2.75, 3.05) is 0 Å². The Labute approximate surface area is 306 Å². The van der Waals surface area contributed by atoms with Crippen molar-refractivity contribution in [3.63, 3.8) is 0 Å². The minimum atomic E-state index is -3.00. The molecule has 0 N–H and O–H groups in total. The topological polar surface area (TPSA) is 18.5 Å². The van der Waals surface area contributed by atoms with Crippen molar-refractivity contribution in [3.8, 4) is 56.4 Å². The Morgan fingerprint density at radius 2 is 1.00 bits per heavy atom. The van der Waals surface area contributed by atoms with Gasteiger partial charge in [0.2, 0.25) is 0 Å². The number of ether oxygens (including phenoxy) is 2. The lowest BCUT2D eigenvalue weighted by Gasteiger charge is -2.36. The molecule has 6 aromatic rings. The number of para-hydroxylation sites is 4. The van der Waals surface area contributed by atoms with Crippen LogP contribution in [0.4, 0.5) is 0 Å². The minimum Gasteiger partial charge on any atom is -0.456 e. The summed E-state index contributed by atoms with van der Waals surface area (Å²) in [6.07, 6.45) is -2.08. The second-order valence-corrected chi connectivity index (χ2v) is 13.9. The first-order valence-corrected chi connectivity index (χ1v) is 16.5. The molecule has 0 atom stereocenters. The molecule has 0 spiro atoms. The second-order valence-electron chi connectivity index (χ2n) is 13.9. The lowest BCUT2D eigenvalue weighted by atomic mass is 9.74. The fourth-order valence-electron chi connectivity index (χ4n) is 7.75. The Morgan fingerprint density at radius 3 is 1.53 bits per heavy atom. The van der Waals surface area contributed by atoms with Crippen molar-refractivity contribution in [1.29, 1.82) is 0 Å². The van der Waals surface area contributed by atoms with Crippen molar-refractivity contribution in [2.45, 2.75) is 72.4 Å². The number of hydrogen-bond donors (Lipinski definition) is 0. The molecule has 2 aliphatic heterocycles. The molecular formula is C47H44O2. The third-order valence-corrected chi connectivity index (χ3v) is 10.4. The first-order chi connectivity index (χ1) is 27.8. The van der Waals surface area contributed by atoms with Crippen LogP contribution in [0.15, 0.2) is 109 Å².